The van der Waals surface area contributed by atoms with Crippen molar-refractivity contribution < 1.29 is 4.79 Å². The normalized spacial score (nSPS) is 16.2. The largest absolute Gasteiger partial charge is 0.352 e. The van der Waals surface area contributed by atoms with Gasteiger partial charge >= 0.3 is 0 Å². The molecule has 110 valence electrons. The Bertz CT molecular complexity index is 460. The van der Waals surface area contributed by atoms with E-state index < -0.39 is 0 Å². The Morgan fingerprint density at radius 3 is 2.80 bits per heavy atom. The average Bonchev–Trinajstić information content (AvgIpc) is 3.27. The number of amides is 1. The first-order chi connectivity index (χ1) is 9.58. The van der Waals surface area contributed by atoms with Gasteiger partial charge in [-0.05, 0) is 44.4 Å². The molecule has 0 radical (unpaired) electrons. The van der Waals surface area contributed by atoms with Crippen LogP contribution >= 0.6 is 11.6 Å². The third kappa shape index (κ3) is 4.50. The van der Waals surface area contributed by atoms with Crippen molar-refractivity contribution in [2.75, 3.05) is 13.6 Å². The number of nitrogens with zero attached hydrogens (tertiary/aromatic N) is 1. The van der Waals surface area contributed by atoms with Gasteiger partial charge in [-0.3, -0.25) is 4.79 Å². The van der Waals surface area contributed by atoms with E-state index in [1.807, 2.05) is 24.3 Å². The molecular weight excluding hydrogens is 272 g/mol. The molecule has 1 aliphatic rings. The van der Waals surface area contributed by atoms with Crippen molar-refractivity contribution >= 4 is 17.5 Å². The topological polar surface area (TPSA) is 32.3 Å². The molecule has 0 saturated heterocycles. The summed E-state index contributed by atoms with van der Waals surface area (Å²) >= 11 is 6.06. The van der Waals surface area contributed by atoms with Crippen LogP contribution < -0.4 is 5.32 Å². The van der Waals surface area contributed by atoms with Gasteiger partial charge in [-0.2, -0.15) is 0 Å². The molecule has 0 aromatic heterocycles. The van der Waals surface area contributed by atoms with Crippen molar-refractivity contribution in [3.8, 4) is 0 Å². The second-order valence-electron chi connectivity index (χ2n) is 5.68. The summed E-state index contributed by atoms with van der Waals surface area (Å²) in [6, 6.07) is 8.18. The Kier molecular flexibility index (Phi) is 5.44. The van der Waals surface area contributed by atoms with Gasteiger partial charge in [-0.25, -0.2) is 0 Å². The van der Waals surface area contributed by atoms with Crippen molar-refractivity contribution in [2.24, 2.45) is 5.92 Å². The lowest BCUT2D eigenvalue weighted by Crippen LogP contribution is -2.34. The molecule has 3 nitrogen and oxygen atoms in total. The molecule has 1 unspecified atom stereocenters. The molecule has 20 heavy (non-hydrogen) atoms. The van der Waals surface area contributed by atoms with Crippen LogP contribution in [0.5, 0.6) is 0 Å². The second kappa shape index (κ2) is 7.09. The van der Waals surface area contributed by atoms with E-state index in [4.69, 9.17) is 11.6 Å². The van der Waals surface area contributed by atoms with Crippen LogP contribution in [0.1, 0.15) is 31.7 Å². The molecule has 1 saturated carbocycles. The summed E-state index contributed by atoms with van der Waals surface area (Å²) in [5, 5.41) is 3.63. The minimum Gasteiger partial charge on any atom is -0.352 e. The van der Waals surface area contributed by atoms with E-state index in [-0.39, 0.29) is 5.91 Å². The number of hydrogen-bond donors (Lipinski definition) is 1. The Morgan fingerprint density at radius 1 is 1.45 bits per heavy atom. The molecule has 0 bridgehead atoms. The van der Waals surface area contributed by atoms with Gasteiger partial charge < -0.3 is 10.2 Å². The highest BCUT2D eigenvalue weighted by molar-refractivity contribution is 6.31. The molecule has 1 amide bonds. The van der Waals surface area contributed by atoms with Crippen molar-refractivity contribution in [2.45, 2.75) is 38.8 Å². The van der Waals surface area contributed by atoms with Gasteiger partial charge in [0, 0.05) is 30.6 Å². The van der Waals surface area contributed by atoms with Gasteiger partial charge in [0.25, 0.3) is 0 Å². The fourth-order valence-corrected chi connectivity index (χ4v) is 2.55. The van der Waals surface area contributed by atoms with Crippen LogP contribution in [-0.4, -0.2) is 30.4 Å². The highest BCUT2D eigenvalue weighted by Gasteiger charge is 2.30. The van der Waals surface area contributed by atoms with Gasteiger partial charge in [0.2, 0.25) is 5.91 Å². The van der Waals surface area contributed by atoms with Crippen LogP contribution in [0.4, 0.5) is 0 Å². The third-order valence-electron chi connectivity index (χ3n) is 4.12. The number of benzene rings is 1. The van der Waals surface area contributed by atoms with Crippen LogP contribution in [0.3, 0.4) is 0 Å². The van der Waals surface area contributed by atoms with Crippen LogP contribution in [0.2, 0.25) is 5.02 Å². The SMILES string of the molecule is CC(C1CC1)N(C)CCC(=O)NCc1ccccc1Cl. The van der Waals surface area contributed by atoms with E-state index in [9.17, 15) is 4.79 Å². The number of halogens is 1. The molecule has 1 aromatic rings. The molecule has 2 rings (SSSR count). The summed E-state index contributed by atoms with van der Waals surface area (Å²) in [7, 11) is 2.10. The number of carbonyl (C=O) groups is 1. The zero-order chi connectivity index (χ0) is 14.5. The summed E-state index contributed by atoms with van der Waals surface area (Å²) in [5.41, 5.74) is 0.960. The van der Waals surface area contributed by atoms with Gasteiger partial charge in [0.1, 0.15) is 0 Å². The first kappa shape index (κ1) is 15.3. The first-order valence-electron chi connectivity index (χ1n) is 7.28. The maximum atomic E-state index is 11.9. The lowest BCUT2D eigenvalue weighted by Gasteiger charge is -2.24. The minimum atomic E-state index is 0.0831. The zero-order valence-corrected chi connectivity index (χ0v) is 13.0. The molecule has 0 aliphatic heterocycles. The lowest BCUT2D eigenvalue weighted by molar-refractivity contribution is -0.121. The third-order valence-corrected chi connectivity index (χ3v) is 4.49. The number of hydrogen-bond acceptors (Lipinski definition) is 2. The summed E-state index contributed by atoms with van der Waals surface area (Å²) in [4.78, 5) is 14.1. The van der Waals surface area contributed by atoms with Crippen LogP contribution in [0, 0.1) is 5.92 Å². The van der Waals surface area contributed by atoms with E-state index in [0.717, 1.165) is 18.0 Å². The molecule has 1 aromatic carbocycles. The minimum absolute atomic E-state index is 0.0831. The van der Waals surface area contributed by atoms with E-state index >= 15 is 0 Å². The van der Waals surface area contributed by atoms with E-state index in [1.54, 1.807) is 0 Å². The number of nitrogens with one attached hydrogen (secondary N) is 1. The Hall–Kier alpha value is -1.06. The lowest BCUT2D eigenvalue weighted by atomic mass is 10.2. The summed E-state index contributed by atoms with van der Waals surface area (Å²) in [6.07, 6.45) is 3.21. The van der Waals surface area contributed by atoms with Gasteiger partial charge in [0.05, 0.1) is 0 Å². The molecule has 1 atom stereocenters. The molecule has 1 aliphatic carbocycles. The number of rotatable bonds is 7. The van der Waals surface area contributed by atoms with Crippen molar-refractivity contribution in [3.05, 3.63) is 34.9 Å². The smallest absolute Gasteiger partial charge is 0.221 e. The standard InChI is InChI=1S/C16H23ClN2O/c1-12(13-7-8-13)19(2)10-9-16(20)18-11-14-5-3-4-6-15(14)17/h3-6,12-13H,7-11H2,1-2H3,(H,18,20). The maximum Gasteiger partial charge on any atom is 0.221 e. The predicted molar refractivity (Wildman–Crippen MR) is 82.7 cm³/mol. The van der Waals surface area contributed by atoms with Crippen molar-refractivity contribution in [1.29, 1.82) is 0 Å². The second-order valence-corrected chi connectivity index (χ2v) is 6.08. The van der Waals surface area contributed by atoms with Gasteiger partial charge in [-0.1, -0.05) is 29.8 Å². The molecule has 1 fully saturated rings. The molecule has 1 N–H and O–H groups in total. The Labute approximate surface area is 126 Å². The first-order valence-corrected chi connectivity index (χ1v) is 7.66. The Morgan fingerprint density at radius 2 is 2.15 bits per heavy atom. The quantitative estimate of drug-likeness (QED) is 0.838. The van der Waals surface area contributed by atoms with E-state index in [0.29, 0.717) is 24.0 Å². The van der Waals surface area contributed by atoms with Gasteiger partial charge in [-0.15, -0.1) is 0 Å². The van der Waals surface area contributed by atoms with Crippen molar-refractivity contribution in [3.63, 3.8) is 0 Å². The van der Waals surface area contributed by atoms with E-state index in [2.05, 4.69) is 24.2 Å². The Balaban J connectivity index is 1.69. The summed E-state index contributed by atoms with van der Waals surface area (Å²) in [6.45, 7) is 3.56. The molecule has 0 heterocycles. The highest BCUT2D eigenvalue weighted by atomic mass is 35.5. The van der Waals surface area contributed by atoms with E-state index in [1.165, 1.54) is 12.8 Å². The zero-order valence-electron chi connectivity index (χ0n) is 12.2. The van der Waals surface area contributed by atoms with Gasteiger partial charge in [0.15, 0.2) is 0 Å². The number of carbonyl (C=O) groups excluding carboxylic acids is 1. The highest BCUT2D eigenvalue weighted by Crippen LogP contribution is 2.34. The monoisotopic (exact) mass is 294 g/mol. The molecular formula is C16H23ClN2O. The maximum absolute atomic E-state index is 11.9. The predicted octanol–water partition coefficient (Wildman–Crippen LogP) is 3.08. The fourth-order valence-electron chi connectivity index (χ4n) is 2.34. The molecule has 0 spiro atoms. The summed E-state index contributed by atoms with van der Waals surface area (Å²) < 4.78 is 0. The average molecular weight is 295 g/mol. The van der Waals surface area contributed by atoms with Crippen molar-refractivity contribution in [1.82, 2.24) is 10.2 Å². The van der Waals surface area contributed by atoms with Crippen LogP contribution in [0.25, 0.3) is 0 Å². The molecule has 4 heteroatoms. The van der Waals surface area contributed by atoms with Crippen LogP contribution in [-0.2, 0) is 11.3 Å². The fraction of sp³-hybridized carbons (Fsp3) is 0.562. The van der Waals surface area contributed by atoms with Crippen LogP contribution in [0.15, 0.2) is 24.3 Å². The summed E-state index contributed by atoms with van der Waals surface area (Å²) in [5.74, 6) is 0.922.